The maximum absolute atomic E-state index is 12.7. The molecule has 0 aliphatic heterocycles. The molecule has 28 heavy (non-hydrogen) atoms. The van der Waals surface area contributed by atoms with E-state index < -0.39 is 11.4 Å². The van der Waals surface area contributed by atoms with Crippen LogP contribution >= 0.6 is 0 Å². The molecule has 2 N–H and O–H groups in total. The molecule has 0 fully saturated rings. The standard InChI is InChI=1S/C22H27NO5/c1-22(2,14-17-7-5-6-8-18(17)27-3)21(26)23-12-11-15-9-10-16(20(24)25)13-19(15)28-4/h5-10,13H,11-12,14H2,1-4H3,(H,23,26)(H,24,25). The lowest BCUT2D eigenvalue weighted by molar-refractivity contribution is -0.129. The molecule has 6 heteroatoms. The fraction of sp³-hybridized carbons (Fsp3) is 0.364. The van der Waals surface area contributed by atoms with Crippen molar-refractivity contribution in [3.8, 4) is 11.5 Å². The van der Waals surface area contributed by atoms with Crippen LogP contribution in [0.2, 0.25) is 0 Å². The van der Waals surface area contributed by atoms with Gasteiger partial charge in [-0.15, -0.1) is 0 Å². The predicted molar refractivity (Wildman–Crippen MR) is 107 cm³/mol. The molecule has 0 aliphatic rings. The molecule has 0 saturated heterocycles. The molecular formula is C22H27NO5. The number of carboxylic acids is 1. The van der Waals surface area contributed by atoms with Crippen molar-refractivity contribution in [1.82, 2.24) is 5.32 Å². The summed E-state index contributed by atoms with van der Waals surface area (Å²) in [5.41, 5.74) is 1.39. The Labute approximate surface area is 165 Å². The molecule has 6 nitrogen and oxygen atoms in total. The Balaban J connectivity index is 1.98. The lowest BCUT2D eigenvalue weighted by atomic mass is 9.84. The van der Waals surface area contributed by atoms with Crippen molar-refractivity contribution in [3.05, 3.63) is 59.2 Å². The molecule has 150 valence electrons. The lowest BCUT2D eigenvalue weighted by Gasteiger charge is -2.24. The third-order valence-corrected chi connectivity index (χ3v) is 4.65. The predicted octanol–water partition coefficient (Wildman–Crippen LogP) is 3.33. The van der Waals surface area contributed by atoms with E-state index in [-0.39, 0.29) is 11.5 Å². The SMILES string of the molecule is COc1cc(C(=O)O)ccc1CCNC(=O)C(C)(C)Cc1ccccc1OC. The van der Waals surface area contributed by atoms with Crippen molar-refractivity contribution >= 4 is 11.9 Å². The summed E-state index contributed by atoms with van der Waals surface area (Å²) < 4.78 is 10.7. The first-order valence-corrected chi connectivity index (χ1v) is 9.09. The molecule has 0 bridgehead atoms. The van der Waals surface area contributed by atoms with Crippen LogP contribution in [0.3, 0.4) is 0 Å². The number of para-hydroxylation sites is 1. The van der Waals surface area contributed by atoms with Gasteiger partial charge >= 0.3 is 5.97 Å². The number of hydrogen-bond acceptors (Lipinski definition) is 4. The average Bonchev–Trinajstić information content (AvgIpc) is 2.68. The van der Waals surface area contributed by atoms with Gasteiger partial charge in [-0.2, -0.15) is 0 Å². The summed E-state index contributed by atoms with van der Waals surface area (Å²) in [4.78, 5) is 23.8. The van der Waals surface area contributed by atoms with Gasteiger partial charge in [-0.05, 0) is 42.2 Å². The molecule has 0 aromatic heterocycles. The fourth-order valence-corrected chi connectivity index (χ4v) is 3.04. The maximum atomic E-state index is 12.7. The van der Waals surface area contributed by atoms with Crippen LogP contribution in [0.15, 0.2) is 42.5 Å². The van der Waals surface area contributed by atoms with Crippen molar-refractivity contribution < 1.29 is 24.2 Å². The van der Waals surface area contributed by atoms with Gasteiger partial charge in [-0.3, -0.25) is 4.79 Å². The Morgan fingerprint density at radius 3 is 2.32 bits per heavy atom. The molecule has 2 aromatic rings. The Morgan fingerprint density at radius 2 is 1.68 bits per heavy atom. The second-order valence-corrected chi connectivity index (χ2v) is 7.21. The largest absolute Gasteiger partial charge is 0.496 e. The van der Waals surface area contributed by atoms with Crippen molar-refractivity contribution in [2.45, 2.75) is 26.7 Å². The minimum absolute atomic E-state index is 0.0560. The summed E-state index contributed by atoms with van der Waals surface area (Å²) in [6.07, 6.45) is 1.10. The third-order valence-electron chi connectivity index (χ3n) is 4.65. The van der Waals surface area contributed by atoms with E-state index in [2.05, 4.69) is 5.32 Å². The molecule has 0 unspecified atom stereocenters. The number of benzene rings is 2. The van der Waals surface area contributed by atoms with Crippen LogP contribution in [0.5, 0.6) is 11.5 Å². The van der Waals surface area contributed by atoms with Gasteiger partial charge in [0.15, 0.2) is 0 Å². The first-order valence-electron chi connectivity index (χ1n) is 9.09. The van der Waals surface area contributed by atoms with Gasteiger partial charge in [-0.1, -0.05) is 38.1 Å². The number of carbonyl (C=O) groups is 2. The zero-order chi connectivity index (χ0) is 20.7. The van der Waals surface area contributed by atoms with Gasteiger partial charge in [-0.25, -0.2) is 4.79 Å². The minimum atomic E-state index is -1.00. The van der Waals surface area contributed by atoms with Crippen molar-refractivity contribution in [1.29, 1.82) is 0 Å². The first kappa shape index (κ1) is 21.3. The van der Waals surface area contributed by atoms with Gasteiger partial charge in [0.1, 0.15) is 11.5 Å². The van der Waals surface area contributed by atoms with Crippen LogP contribution in [-0.4, -0.2) is 37.7 Å². The van der Waals surface area contributed by atoms with E-state index in [1.165, 1.54) is 19.2 Å². The van der Waals surface area contributed by atoms with E-state index in [0.29, 0.717) is 25.1 Å². The highest BCUT2D eigenvalue weighted by atomic mass is 16.5. The van der Waals surface area contributed by atoms with Crippen molar-refractivity contribution in [2.24, 2.45) is 5.41 Å². The average molecular weight is 385 g/mol. The van der Waals surface area contributed by atoms with Crippen LogP contribution in [0.25, 0.3) is 0 Å². The highest BCUT2D eigenvalue weighted by molar-refractivity contribution is 5.88. The van der Waals surface area contributed by atoms with Gasteiger partial charge in [0.25, 0.3) is 0 Å². The van der Waals surface area contributed by atoms with E-state index in [4.69, 9.17) is 14.6 Å². The number of carbonyl (C=O) groups excluding carboxylic acids is 1. The van der Waals surface area contributed by atoms with Gasteiger partial charge in [0.05, 0.1) is 19.8 Å². The molecule has 2 rings (SSSR count). The smallest absolute Gasteiger partial charge is 0.335 e. The number of amides is 1. The molecule has 0 radical (unpaired) electrons. The maximum Gasteiger partial charge on any atom is 0.335 e. The summed E-state index contributed by atoms with van der Waals surface area (Å²) in [5, 5.41) is 12.0. The number of hydrogen-bond donors (Lipinski definition) is 2. The highest BCUT2D eigenvalue weighted by Crippen LogP contribution is 2.28. The van der Waals surface area contributed by atoms with E-state index in [1.807, 2.05) is 38.1 Å². The van der Waals surface area contributed by atoms with Gasteiger partial charge in [0.2, 0.25) is 5.91 Å². The van der Waals surface area contributed by atoms with Crippen LogP contribution in [0.4, 0.5) is 0 Å². The number of nitrogens with one attached hydrogen (secondary N) is 1. The molecule has 0 spiro atoms. The van der Waals surface area contributed by atoms with E-state index in [0.717, 1.165) is 16.9 Å². The molecule has 0 saturated carbocycles. The molecule has 2 aromatic carbocycles. The second-order valence-electron chi connectivity index (χ2n) is 7.21. The Kier molecular flexibility index (Phi) is 7.04. The van der Waals surface area contributed by atoms with Crippen molar-refractivity contribution in [3.63, 3.8) is 0 Å². The monoisotopic (exact) mass is 385 g/mol. The zero-order valence-electron chi connectivity index (χ0n) is 16.7. The zero-order valence-corrected chi connectivity index (χ0v) is 16.7. The van der Waals surface area contributed by atoms with Gasteiger partial charge < -0.3 is 19.9 Å². The quantitative estimate of drug-likeness (QED) is 0.692. The number of methoxy groups -OCH3 is 2. The highest BCUT2D eigenvalue weighted by Gasteiger charge is 2.28. The van der Waals surface area contributed by atoms with Crippen LogP contribution in [0.1, 0.15) is 35.3 Å². The summed E-state index contributed by atoms with van der Waals surface area (Å²) in [6.45, 7) is 4.23. The first-order chi connectivity index (χ1) is 13.3. The van der Waals surface area contributed by atoms with E-state index in [9.17, 15) is 9.59 Å². The Bertz CT molecular complexity index is 845. The minimum Gasteiger partial charge on any atom is -0.496 e. The molecule has 0 heterocycles. The van der Waals surface area contributed by atoms with Gasteiger partial charge in [0, 0.05) is 12.0 Å². The molecule has 0 aliphatic carbocycles. The molecular weight excluding hydrogens is 358 g/mol. The summed E-state index contributed by atoms with van der Waals surface area (Å²) in [5.74, 6) is 0.213. The number of aromatic carboxylic acids is 1. The number of rotatable bonds is 9. The third kappa shape index (κ3) is 5.25. The lowest BCUT2D eigenvalue weighted by Crippen LogP contribution is -2.39. The molecule has 1 amide bonds. The Morgan fingerprint density at radius 1 is 1.00 bits per heavy atom. The van der Waals surface area contributed by atoms with E-state index >= 15 is 0 Å². The fourth-order valence-electron chi connectivity index (χ4n) is 3.04. The van der Waals surface area contributed by atoms with Crippen molar-refractivity contribution in [2.75, 3.05) is 20.8 Å². The number of carboxylic acid groups (broad SMARTS) is 1. The summed E-state index contributed by atoms with van der Waals surface area (Å²) >= 11 is 0. The normalized spacial score (nSPS) is 11.0. The summed E-state index contributed by atoms with van der Waals surface area (Å²) in [7, 11) is 3.12. The molecule has 0 atom stereocenters. The Hall–Kier alpha value is -3.02. The van der Waals surface area contributed by atoms with Crippen LogP contribution < -0.4 is 14.8 Å². The second kappa shape index (κ2) is 9.26. The van der Waals surface area contributed by atoms with Crippen LogP contribution in [-0.2, 0) is 17.6 Å². The summed E-state index contributed by atoms with van der Waals surface area (Å²) in [6, 6.07) is 12.4. The van der Waals surface area contributed by atoms with E-state index in [1.54, 1.807) is 13.2 Å². The topological polar surface area (TPSA) is 84.9 Å². The number of ether oxygens (including phenoxy) is 2. The van der Waals surface area contributed by atoms with Crippen LogP contribution in [0, 0.1) is 5.41 Å².